The zero-order chi connectivity index (χ0) is 16.9. The molecule has 120 valence electrons. The minimum absolute atomic E-state index is 0.00391. The molecule has 2 aromatic rings. The third-order valence-corrected chi connectivity index (χ3v) is 4.64. The Morgan fingerprint density at radius 1 is 1.17 bits per heavy atom. The van der Waals surface area contributed by atoms with Crippen molar-refractivity contribution in [2.24, 2.45) is 0 Å². The molecule has 0 aliphatic rings. The third kappa shape index (κ3) is 5.23. The van der Waals surface area contributed by atoms with Crippen molar-refractivity contribution in [2.45, 2.75) is 6.92 Å². The molecule has 0 amide bonds. The Morgan fingerprint density at radius 2 is 1.87 bits per heavy atom. The first-order valence-corrected chi connectivity index (χ1v) is 9.01. The molecule has 0 bridgehead atoms. The molecule has 0 aliphatic carbocycles. The average molecular weight is 350 g/mol. The van der Waals surface area contributed by atoms with Gasteiger partial charge in [0.25, 0.3) is 0 Å². The fourth-order valence-electron chi connectivity index (χ4n) is 1.83. The van der Waals surface area contributed by atoms with Gasteiger partial charge in [0.1, 0.15) is 0 Å². The van der Waals surface area contributed by atoms with Crippen molar-refractivity contribution in [2.75, 3.05) is 10.5 Å². The van der Waals surface area contributed by atoms with E-state index in [1.807, 2.05) is 6.07 Å². The van der Waals surface area contributed by atoms with Crippen LogP contribution in [0.5, 0.6) is 0 Å². The Labute approximate surface area is 140 Å². The number of anilines is 1. The van der Waals surface area contributed by atoms with Gasteiger partial charge in [0.15, 0.2) is 5.78 Å². The molecule has 6 heteroatoms. The maximum Gasteiger partial charge on any atom is 0.232 e. The lowest BCUT2D eigenvalue weighted by molar-refractivity contribution is 0.104. The summed E-state index contributed by atoms with van der Waals surface area (Å²) in [4.78, 5) is 12.1. The molecule has 0 saturated carbocycles. The average Bonchev–Trinajstić information content (AvgIpc) is 2.53. The van der Waals surface area contributed by atoms with Crippen molar-refractivity contribution in [3.8, 4) is 0 Å². The number of ketones is 1. The van der Waals surface area contributed by atoms with E-state index in [1.54, 1.807) is 55.5 Å². The van der Waals surface area contributed by atoms with Crippen LogP contribution in [0.1, 0.15) is 22.8 Å². The zero-order valence-electron chi connectivity index (χ0n) is 12.5. The molecule has 0 aromatic heterocycles. The van der Waals surface area contributed by atoms with Gasteiger partial charge in [-0.05, 0) is 55.0 Å². The van der Waals surface area contributed by atoms with Gasteiger partial charge in [-0.2, -0.15) is 0 Å². The number of nitrogens with one attached hydrogen (secondary N) is 1. The second-order valence-corrected chi connectivity index (χ2v) is 7.28. The van der Waals surface area contributed by atoms with E-state index in [4.69, 9.17) is 11.6 Å². The van der Waals surface area contributed by atoms with Crippen LogP contribution in [0.3, 0.4) is 0 Å². The second-order valence-electron chi connectivity index (χ2n) is 4.84. The summed E-state index contributed by atoms with van der Waals surface area (Å²) in [5, 5.41) is 0.604. The summed E-state index contributed by atoms with van der Waals surface area (Å²) in [5.41, 5.74) is 1.74. The number of carbonyl (C=O) groups is 1. The Morgan fingerprint density at radius 3 is 2.48 bits per heavy atom. The molecule has 0 radical (unpaired) electrons. The summed E-state index contributed by atoms with van der Waals surface area (Å²) >= 11 is 5.88. The fourth-order valence-corrected chi connectivity index (χ4v) is 2.67. The molecule has 0 spiro atoms. The van der Waals surface area contributed by atoms with Gasteiger partial charge < -0.3 is 0 Å². The van der Waals surface area contributed by atoms with Crippen LogP contribution in [-0.2, 0) is 10.0 Å². The standard InChI is InChI=1S/C17H16ClNO3S/c1-2-23(21,22)19-16-9-7-14(8-10-16)17(20)11-6-13-4-3-5-15(18)12-13/h3-12,19H,2H2,1H3/b11-6+. The van der Waals surface area contributed by atoms with Gasteiger partial charge in [-0.1, -0.05) is 29.8 Å². The van der Waals surface area contributed by atoms with E-state index < -0.39 is 10.0 Å². The second kappa shape index (κ2) is 7.44. The lowest BCUT2D eigenvalue weighted by Gasteiger charge is -2.06. The van der Waals surface area contributed by atoms with Crippen LogP contribution in [0, 0.1) is 0 Å². The van der Waals surface area contributed by atoms with Crippen LogP contribution in [0.2, 0.25) is 5.02 Å². The van der Waals surface area contributed by atoms with Gasteiger partial charge in [-0.3, -0.25) is 9.52 Å². The van der Waals surface area contributed by atoms with Gasteiger partial charge >= 0.3 is 0 Å². The van der Waals surface area contributed by atoms with Crippen LogP contribution in [-0.4, -0.2) is 20.0 Å². The van der Waals surface area contributed by atoms with Gasteiger partial charge in [0, 0.05) is 16.3 Å². The van der Waals surface area contributed by atoms with Crippen molar-refractivity contribution >= 4 is 39.2 Å². The quantitative estimate of drug-likeness (QED) is 0.633. The van der Waals surface area contributed by atoms with Crippen LogP contribution < -0.4 is 4.72 Å². The van der Waals surface area contributed by atoms with E-state index in [-0.39, 0.29) is 11.5 Å². The molecular formula is C17H16ClNO3S. The molecular weight excluding hydrogens is 334 g/mol. The van der Waals surface area contributed by atoms with E-state index in [2.05, 4.69) is 4.72 Å². The topological polar surface area (TPSA) is 63.2 Å². The van der Waals surface area contributed by atoms with E-state index in [0.717, 1.165) is 5.56 Å². The molecule has 0 saturated heterocycles. The summed E-state index contributed by atoms with van der Waals surface area (Å²) in [6.07, 6.45) is 3.14. The first-order valence-electron chi connectivity index (χ1n) is 6.98. The number of hydrogen-bond donors (Lipinski definition) is 1. The Kier molecular flexibility index (Phi) is 5.58. The number of halogens is 1. The van der Waals surface area contributed by atoms with E-state index >= 15 is 0 Å². The Hall–Kier alpha value is -2.11. The summed E-state index contributed by atoms with van der Waals surface area (Å²) in [7, 11) is -3.32. The number of hydrogen-bond acceptors (Lipinski definition) is 3. The SMILES string of the molecule is CCS(=O)(=O)Nc1ccc(C(=O)/C=C/c2cccc(Cl)c2)cc1. The molecule has 23 heavy (non-hydrogen) atoms. The third-order valence-electron chi connectivity index (χ3n) is 3.10. The highest BCUT2D eigenvalue weighted by atomic mass is 35.5. The van der Waals surface area contributed by atoms with Crippen LogP contribution in [0.25, 0.3) is 6.08 Å². The van der Waals surface area contributed by atoms with Crippen LogP contribution >= 0.6 is 11.6 Å². The maximum atomic E-state index is 12.1. The summed E-state index contributed by atoms with van der Waals surface area (Å²) < 4.78 is 25.4. The monoisotopic (exact) mass is 349 g/mol. The smallest absolute Gasteiger partial charge is 0.232 e. The molecule has 1 N–H and O–H groups in total. The molecule has 2 aromatic carbocycles. The van der Waals surface area contributed by atoms with Crippen LogP contribution in [0.4, 0.5) is 5.69 Å². The molecule has 0 atom stereocenters. The van der Waals surface area contributed by atoms with Crippen LogP contribution in [0.15, 0.2) is 54.6 Å². The number of allylic oxidation sites excluding steroid dienone is 1. The summed E-state index contributed by atoms with van der Waals surface area (Å²) in [6.45, 7) is 1.56. The fraction of sp³-hybridized carbons (Fsp3) is 0.118. The van der Waals surface area contributed by atoms with Crippen molar-refractivity contribution < 1.29 is 13.2 Å². The highest BCUT2D eigenvalue weighted by Crippen LogP contribution is 2.14. The highest BCUT2D eigenvalue weighted by molar-refractivity contribution is 7.92. The van der Waals surface area contributed by atoms with E-state index in [9.17, 15) is 13.2 Å². The number of benzene rings is 2. The molecule has 0 heterocycles. The number of carbonyl (C=O) groups excluding carboxylic acids is 1. The van der Waals surface area contributed by atoms with Gasteiger partial charge in [0.05, 0.1) is 5.75 Å². The molecule has 2 rings (SSSR count). The van der Waals surface area contributed by atoms with Crippen molar-refractivity contribution in [3.05, 3.63) is 70.8 Å². The predicted octanol–water partition coefficient (Wildman–Crippen LogP) is 4.00. The first-order chi connectivity index (χ1) is 10.9. The molecule has 0 fully saturated rings. The minimum atomic E-state index is -3.32. The van der Waals surface area contributed by atoms with Gasteiger partial charge in [-0.25, -0.2) is 8.42 Å². The first kappa shape index (κ1) is 17.2. The molecule has 0 aliphatic heterocycles. The maximum absolute atomic E-state index is 12.1. The van der Waals surface area contributed by atoms with Crippen molar-refractivity contribution in [1.82, 2.24) is 0 Å². The normalized spacial score (nSPS) is 11.6. The Balaban J connectivity index is 2.08. The largest absolute Gasteiger partial charge is 0.289 e. The summed E-state index contributed by atoms with van der Waals surface area (Å²) in [5.74, 6) is -0.175. The lowest BCUT2D eigenvalue weighted by atomic mass is 10.1. The lowest BCUT2D eigenvalue weighted by Crippen LogP contribution is -2.14. The van der Waals surface area contributed by atoms with Crippen molar-refractivity contribution in [3.63, 3.8) is 0 Å². The number of rotatable bonds is 6. The number of sulfonamides is 1. The molecule has 4 nitrogen and oxygen atoms in total. The van der Waals surface area contributed by atoms with E-state index in [1.165, 1.54) is 6.08 Å². The van der Waals surface area contributed by atoms with E-state index in [0.29, 0.717) is 16.3 Å². The Bertz CT molecular complexity index is 827. The van der Waals surface area contributed by atoms with Gasteiger partial charge in [-0.15, -0.1) is 0 Å². The summed E-state index contributed by atoms with van der Waals surface area (Å²) in [6, 6.07) is 13.5. The minimum Gasteiger partial charge on any atom is -0.289 e. The highest BCUT2D eigenvalue weighted by Gasteiger charge is 2.07. The molecule has 0 unspecified atom stereocenters. The zero-order valence-corrected chi connectivity index (χ0v) is 14.1. The van der Waals surface area contributed by atoms with Gasteiger partial charge in [0.2, 0.25) is 10.0 Å². The predicted molar refractivity (Wildman–Crippen MR) is 94.3 cm³/mol. The van der Waals surface area contributed by atoms with Crippen molar-refractivity contribution in [1.29, 1.82) is 0 Å².